The van der Waals surface area contributed by atoms with Gasteiger partial charge in [-0.15, -0.1) is 0 Å². The van der Waals surface area contributed by atoms with E-state index in [9.17, 15) is 13.2 Å². The number of anilines is 1. The number of rotatable bonds is 3. The Balaban J connectivity index is 2.79. The Hall–Kier alpha value is -2.18. The van der Waals surface area contributed by atoms with Crippen molar-refractivity contribution in [1.82, 2.24) is 4.98 Å². The van der Waals surface area contributed by atoms with Crippen LogP contribution in [0.5, 0.6) is 11.6 Å². The summed E-state index contributed by atoms with van der Waals surface area (Å²) in [6, 6.07) is 4.14. The van der Waals surface area contributed by atoms with Gasteiger partial charge in [0.25, 0.3) is 0 Å². The van der Waals surface area contributed by atoms with Gasteiger partial charge in [-0.05, 0) is 26.0 Å². The van der Waals surface area contributed by atoms with Gasteiger partial charge in [-0.1, -0.05) is 0 Å². The first kappa shape index (κ1) is 15.2. The highest BCUT2D eigenvalue weighted by Gasteiger charge is 2.37. The second-order valence-electron chi connectivity index (χ2n) is 4.75. The van der Waals surface area contributed by atoms with Crippen molar-refractivity contribution < 1.29 is 22.6 Å². The highest BCUT2D eigenvalue weighted by molar-refractivity contribution is 5.89. The van der Waals surface area contributed by atoms with E-state index in [-0.39, 0.29) is 22.9 Å². The zero-order valence-corrected chi connectivity index (χ0v) is 11.8. The lowest BCUT2D eigenvalue weighted by Gasteiger charge is -2.18. The molecule has 0 saturated carbocycles. The number of halogens is 3. The number of nitrogen functional groups attached to an aromatic ring is 1. The summed E-state index contributed by atoms with van der Waals surface area (Å²) in [6.07, 6.45) is -4.95. The normalized spacial score (nSPS) is 12.0. The molecule has 21 heavy (non-hydrogen) atoms. The number of hydrogen-bond donors (Lipinski definition) is 1. The van der Waals surface area contributed by atoms with Crippen molar-refractivity contribution in [3.63, 3.8) is 0 Å². The van der Waals surface area contributed by atoms with Gasteiger partial charge in [-0.2, -0.15) is 13.2 Å². The summed E-state index contributed by atoms with van der Waals surface area (Å²) >= 11 is 0. The number of fused-ring (bicyclic) bond motifs is 1. The first-order valence-electron chi connectivity index (χ1n) is 6.25. The predicted octanol–water partition coefficient (Wildman–Crippen LogP) is 3.63. The average molecular weight is 300 g/mol. The molecule has 2 rings (SSSR count). The van der Waals surface area contributed by atoms with Crippen LogP contribution >= 0.6 is 0 Å². The average Bonchev–Trinajstić information content (AvgIpc) is 2.37. The van der Waals surface area contributed by atoms with Gasteiger partial charge in [0, 0.05) is 11.5 Å². The van der Waals surface area contributed by atoms with Crippen LogP contribution in [0.4, 0.5) is 18.9 Å². The van der Waals surface area contributed by atoms with Crippen molar-refractivity contribution in [3.8, 4) is 11.6 Å². The van der Waals surface area contributed by atoms with Crippen LogP contribution in [0.2, 0.25) is 0 Å². The van der Waals surface area contributed by atoms with E-state index < -0.39 is 17.4 Å². The van der Waals surface area contributed by atoms with Crippen LogP contribution in [0.1, 0.15) is 19.4 Å². The van der Waals surface area contributed by atoms with Gasteiger partial charge >= 0.3 is 6.18 Å². The fraction of sp³-hybridized carbons (Fsp3) is 0.357. The van der Waals surface area contributed by atoms with E-state index >= 15 is 0 Å². The molecule has 114 valence electrons. The highest BCUT2D eigenvalue weighted by atomic mass is 19.4. The van der Waals surface area contributed by atoms with Crippen LogP contribution in [0.15, 0.2) is 18.2 Å². The lowest BCUT2D eigenvalue weighted by atomic mass is 10.1. The second kappa shape index (κ2) is 5.31. The molecule has 7 heteroatoms. The van der Waals surface area contributed by atoms with Gasteiger partial charge in [0.2, 0.25) is 5.88 Å². The van der Waals surface area contributed by atoms with Crippen molar-refractivity contribution in [2.45, 2.75) is 26.1 Å². The second-order valence-corrected chi connectivity index (χ2v) is 4.75. The fourth-order valence-electron chi connectivity index (χ4n) is 1.98. The summed E-state index contributed by atoms with van der Waals surface area (Å²) in [5, 5.41) is -0.0862. The van der Waals surface area contributed by atoms with E-state index in [4.69, 9.17) is 15.2 Å². The zero-order valence-electron chi connectivity index (χ0n) is 11.8. The molecule has 0 fully saturated rings. The number of aromatic nitrogens is 1. The van der Waals surface area contributed by atoms with E-state index in [1.165, 1.54) is 25.3 Å². The van der Waals surface area contributed by atoms with Crippen molar-refractivity contribution in [1.29, 1.82) is 0 Å². The molecule has 0 aliphatic rings. The van der Waals surface area contributed by atoms with Crippen molar-refractivity contribution >= 4 is 16.6 Å². The number of benzene rings is 1. The smallest absolute Gasteiger partial charge is 0.419 e. The minimum Gasteiger partial charge on any atom is -0.497 e. The van der Waals surface area contributed by atoms with Crippen LogP contribution in [0.25, 0.3) is 10.9 Å². The molecule has 1 heterocycles. The third-order valence-corrected chi connectivity index (χ3v) is 2.83. The van der Waals surface area contributed by atoms with E-state index in [0.29, 0.717) is 5.75 Å². The van der Waals surface area contributed by atoms with Crippen LogP contribution in [-0.2, 0) is 6.18 Å². The van der Waals surface area contributed by atoms with Crippen molar-refractivity contribution in [2.75, 3.05) is 12.8 Å². The number of pyridine rings is 1. The highest BCUT2D eigenvalue weighted by Crippen LogP contribution is 2.42. The number of alkyl halides is 3. The van der Waals surface area contributed by atoms with Gasteiger partial charge in [-0.3, -0.25) is 0 Å². The lowest BCUT2D eigenvalue weighted by Crippen LogP contribution is -2.15. The zero-order chi connectivity index (χ0) is 15.8. The van der Waals surface area contributed by atoms with Crippen LogP contribution < -0.4 is 15.2 Å². The third kappa shape index (κ3) is 2.96. The van der Waals surface area contributed by atoms with E-state index in [0.717, 1.165) is 0 Å². The number of nitrogens with two attached hydrogens (primary N) is 1. The largest absolute Gasteiger partial charge is 0.497 e. The minimum atomic E-state index is -4.60. The lowest BCUT2D eigenvalue weighted by molar-refractivity contribution is -0.135. The molecule has 2 aromatic rings. The van der Waals surface area contributed by atoms with Gasteiger partial charge in [0.1, 0.15) is 11.4 Å². The maximum Gasteiger partial charge on any atom is 0.419 e. The maximum atomic E-state index is 13.3. The third-order valence-electron chi connectivity index (χ3n) is 2.83. The molecule has 0 aliphatic carbocycles. The van der Waals surface area contributed by atoms with Crippen LogP contribution in [-0.4, -0.2) is 18.2 Å². The molecule has 0 bridgehead atoms. The fourth-order valence-corrected chi connectivity index (χ4v) is 1.98. The molecule has 1 aromatic heterocycles. The number of nitrogens with zero attached hydrogens (tertiary/aromatic N) is 1. The molecular formula is C14H15F3N2O2. The number of methoxy groups -OCH3 is 1. The molecule has 0 aliphatic heterocycles. The quantitative estimate of drug-likeness (QED) is 0.940. The summed E-state index contributed by atoms with van der Waals surface area (Å²) in [6.45, 7) is 3.37. The van der Waals surface area contributed by atoms with Crippen molar-refractivity contribution in [3.05, 3.63) is 23.8 Å². The summed E-state index contributed by atoms with van der Waals surface area (Å²) < 4.78 is 50.1. The van der Waals surface area contributed by atoms with Gasteiger partial charge < -0.3 is 15.2 Å². The van der Waals surface area contributed by atoms with E-state index in [1.807, 2.05) is 0 Å². The molecule has 0 atom stereocenters. The van der Waals surface area contributed by atoms with E-state index in [2.05, 4.69) is 4.98 Å². The van der Waals surface area contributed by atoms with Gasteiger partial charge in [0.15, 0.2) is 0 Å². The Morgan fingerprint density at radius 2 is 1.90 bits per heavy atom. The minimum absolute atomic E-state index is 0.0862. The van der Waals surface area contributed by atoms with Gasteiger partial charge in [0.05, 0.1) is 24.3 Å². The Kier molecular flexibility index (Phi) is 3.85. The molecule has 0 spiro atoms. The summed E-state index contributed by atoms with van der Waals surface area (Å²) in [5.41, 5.74) is 4.29. The first-order chi connectivity index (χ1) is 9.74. The summed E-state index contributed by atoms with van der Waals surface area (Å²) in [4.78, 5) is 4.07. The monoisotopic (exact) mass is 300 g/mol. The molecule has 0 saturated heterocycles. The maximum absolute atomic E-state index is 13.3. The standard InChI is InChI=1S/C14H15F3N2O2/c1-7(2)21-13-12(18)11(14(15,16)17)9-5-4-8(20-3)6-10(9)19-13/h4-7H,18H2,1-3H3. The van der Waals surface area contributed by atoms with Gasteiger partial charge in [-0.25, -0.2) is 4.98 Å². The van der Waals surface area contributed by atoms with Crippen LogP contribution in [0.3, 0.4) is 0 Å². The Morgan fingerprint density at radius 1 is 1.24 bits per heavy atom. The molecular weight excluding hydrogens is 285 g/mol. The van der Waals surface area contributed by atoms with Crippen molar-refractivity contribution in [2.24, 2.45) is 0 Å². The molecule has 0 radical (unpaired) electrons. The molecule has 0 amide bonds. The Bertz CT molecular complexity index is 669. The van der Waals surface area contributed by atoms with E-state index in [1.54, 1.807) is 13.8 Å². The predicted molar refractivity (Wildman–Crippen MR) is 73.5 cm³/mol. The molecule has 4 nitrogen and oxygen atoms in total. The SMILES string of the molecule is COc1ccc2c(C(F)(F)F)c(N)c(OC(C)C)nc2c1. The topological polar surface area (TPSA) is 57.4 Å². The summed E-state index contributed by atoms with van der Waals surface area (Å²) in [7, 11) is 1.43. The van der Waals surface area contributed by atoms with Crippen LogP contribution in [0, 0.1) is 0 Å². The molecule has 2 N–H and O–H groups in total. The number of ether oxygens (including phenoxy) is 2. The Labute approximate surface area is 119 Å². The Morgan fingerprint density at radius 3 is 2.43 bits per heavy atom. The summed E-state index contributed by atoms with van der Waals surface area (Å²) in [5.74, 6) is 0.182. The number of hydrogen-bond acceptors (Lipinski definition) is 4. The molecule has 0 unspecified atom stereocenters. The first-order valence-corrected chi connectivity index (χ1v) is 6.25. The molecule has 1 aromatic carbocycles.